The number of nitrogens with one attached hydrogen (secondary N) is 1. The normalized spacial score (nSPS) is 23.4. The summed E-state index contributed by atoms with van der Waals surface area (Å²) in [5, 5.41) is 13.4. The molecule has 0 aromatic heterocycles. The van der Waals surface area contributed by atoms with E-state index in [1.54, 1.807) is 0 Å². The Morgan fingerprint density at radius 1 is 1.28 bits per heavy atom. The standard InChI is InChI=1S/C20H30N2O3/c1-2-22-17-8-5-10-19(15(17)11-12-20(22)24)25-14-6-13-21-16-7-3-4-9-18(16)23/h5,8,10,16,18,21,23H,2-4,6-7,9,11-14H2,1H3. The van der Waals surface area contributed by atoms with E-state index < -0.39 is 0 Å². The monoisotopic (exact) mass is 346 g/mol. The maximum atomic E-state index is 12.0. The second-order valence-corrected chi connectivity index (χ2v) is 7.01. The molecule has 138 valence electrons. The molecular weight excluding hydrogens is 316 g/mol. The highest BCUT2D eigenvalue weighted by atomic mass is 16.5. The zero-order valence-electron chi connectivity index (χ0n) is 15.2. The molecule has 1 fully saturated rings. The average Bonchev–Trinajstić information content (AvgIpc) is 2.63. The highest BCUT2D eigenvalue weighted by Gasteiger charge is 2.25. The van der Waals surface area contributed by atoms with Crippen molar-refractivity contribution in [3.63, 3.8) is 0 Å². The van der Waals surface area contributed by atoms with Crippen LogP contribution in [0.2, 0.25) is 0 Å². The number of amides is 1. The van der Waals surface area contributed by atoms with Gasteiger partial charge < -0.3 is 20.1 Å². The number of rotatable bonds is 7. The number of anilines is 1. The molecule has 1 amide bonds. The number of aliphatic hydroxyl groups excluding tert-OH is 1. The van der Waals surface area contributed by atoms with Crippen LogP contribution in [0.3, 0.4) is 0 Å². The summed E-state index contributed by atoms with van der Waals surface area (Å²) in [6.07, 6.45) is 6.34. The third kappa shape index (κ3) is 4.33. The van der Waals surface area contributed by atoms with E-state index in [1.165, 1.54) is 6.42 Å². The average molecular weight is 346 g/mol. The molecule has 3 rings (SSSR count). The van der Waals surface area contributed by atoms with E-state index in [4.69, 9.17) is 4.74 Å². The SMILES string of the molecule is CCN1C(=O)CCc2c(OCCCNC3CCCCC3O)cccc21. The van der Waals surface area contributed by atoms with Gasteiger partial charge in [0.25, 0.3) is 0 Å². The first-order chi connectivity index (χ1) is 12.2. The van der Waals surface area contributed by atoms with Crippen molar-refractivity contribution >= 4 is 11.6 Å². The Bertz CT molecular complexity index is 590. The first-order valence-electron chi connectivity index (χ1n) is 9.67. The van der Waals surface area contributed by atoms with Gasteiger partial charge in [-0.2, -0.15) is 0 Å². The van der Waals surface area contributed by atoms with Gasteiger partial charge in [0, 0.05) is 24.6 Å². The van der Waals surface area contributed by atoms with E-state index in [1.807, 2.05) is 30.0 Å². The fraction of sp³-hybridized carbons (Fsp3) is 0.650. The number of carbonyl (C=O) groups is 1. The second-order valence-electron chi connectivity index (χ2n) is 7.01. The summed E-state index contributed by atoms with van der Waals surface area (Å²) in [6.45, 7) is 4.21. The summed E-state index contributed by atoms with van der Waals surface area (Å²) in [5.41, 5.74) is 2.15. The van der Waals surface area contributed by atoms with E-state index in [2.05, 4.69) is 5.32 Å². The van der Waals surface area contributed by atoms with Crippen molar-refractivity contribution in [3.05, 3.63) is 23.8 Å². The highest BCUT2D eigenvalue weighted by molar-refractivity contribution is 5.96. The van der Waals surface area contributed by atoms with Gasteiger partial charge in [0.1, 0.15) is 5.75 Å². The van der Waals surface area contributed by atoms with Gasteiger partial charge in [0.05, 0.1) is 18.4 Å². The quantitative estimate of drug-likeness (QED) is 0.745. The Balaban J connectivity index is 1.49. The number of aliphatic hydroxyl groups is 1. The van der Waals surface area contributed by atoms with Gasteiger partial charge in [-0.1, -0.05) is 18.9 Å². The van der Waals surface area contributed by atoms with Crippen molar-refractivity contribution in [3.8, 4) is 5.75 Å². The number of ether oxygens (including phenoxy) is 1. The third-order valence-corrected chi connectivity index (χ3v) is 5.32. The van der Waals surface area contributed by atoms with E-state index >= 15 is 0 Å². The summed E-state index contributed by atoms with van der Waals surface area (Å²) in [6, 6.07) is 6.21. The Kier molecular flexibility index (Phi) is 6.32. The van der Waals surface area contributed by atoms with Crippen LogP contribution in [0.1, 0.15) is 51.0 Å². The Morgan fingerprint density at radius 2 is 2.12 bits per heavy atom. The van der Waals surface area contributed by atoms with Crippen molar-refractivity contribution in [2.75, 3.05) is 24.6 Å². The maximum absolute atomic E-state index is 12.0. The number of benzene rings is 1. The minimum atomic E-state index is -0.201. The van der Waals surface area contributed by atoms with Gasteiger partial charge in [-0.05, 0) is 51.3 Å². The van der Waals surface area contributed by atoms with Gasteiger partial charge in [0.2, 0.25) is 5.91 Å². The zero-order valence-corrected chi connectivity index (χ0v) is 15.2. The van der Waals surface area contributed by atoms with Crippen LogP contribution in [0.5, 0.6) is 5.75 Å². The fourth-order valence-corrected chi connectivity index (χ4v) is 3.93. The lowest BCUT2D eigenvalue weighted by Gasteiger charge is -2.30. The molecule has 0 spiro atoms. The number of hydrogen-bond donors (Lipinski definition) is 2. The molecule has 2 aliphatic rings. The fourth-order valence-electron chi connectivity index (χ4n) is 3.93. The van der Waals surface area contributed by atoms with Crippen LogP contribution in [0.25, 0.3) is 0 Å². The van der Waals surface area contributed by atoms with Gasteiger partial charge in [-0.15, -0.1) is 0 Å². The summed E-state index contributed by atoms with van der Waals surface area (Å²) < 4.78 is 6.01. The van der Waals surface area contributed by atoms with Crippen LogP contribution in [0.4, 0.5) is 5.69 Å². The molecule has 0 bridgehead atoms. The Labute approximate surface area is 150 Å². The molecule has 1 aromatic rings. The van der Waals surface area contributed by atoms with E-state index in [0.29, 0.717) is 19.6 Å². The first-order valence-corrected chi connectivity index (χ1v) is 9.67. The predicted molar refractivity (Wildman–Crippen MR) is 99.2 cm³/mol. The highest BCUT2D eigenvalue weighted by Crippen LogP contribution is 2.34. The van der Waals surface area contributed by atoms with Gasteiger partial charge >= 0.3 is 0 Å². The molecule has 1 aliphatic heterocycles. The van der Waals surface area contributed by atoms with E-state index in [-0.39, 0.29) is 18.1 Å². The smallest absolute Gasteiger partial charge is 0.227 e. The molecule has 2 N–H and O–H groups in total. The van der Waals surface area contributed by atoms with Crippen molar-refractivity contribution in [1.82, 2.24) is 5.32 Å². The molecule has 1 aromatic carbocycles. The van der Waals surface area contributed by atoms with Gasteiger partial charge in [0.15, 0.2) is 0 Å². The topological polar surface area (TPSA) is 61.8 Å². The van der Waals surface area contributed by atoms with Crippen LogP contribution in [-0.2, 0) is 11.2 Å². The Morgan fingerprint density at radius 3 is 2.92 bits per heavy atom. The minimum absolute atomic E-state index is 0.197. The number of nitrogens with zero attached hydrogens (tertiary/aromatic N) is 1. The van der Waals surface area contributed by atoms with E-state index in [9.17, 15) is 9.90 Å². The van der Waals surface area contributed by atoms with Crippen molar-refractivity contribution in [2.45, 2.75) is 64.0 Å². The molecule has 25 heavy (non-hydrogen) atoms. The van der Waals surface area contributed by atoms with E-state index in [0.717, 1.165) is 55.6 Å². The van der Waals surface area contributed by atoms with Crippen LogP contribution in [0, 0.1) is 0 Å². The lowest BCUT2D eigenvalue weighted by atomic mass is 9.92. The Hall–Kier alpha value is -1.59. The summed E-state index contributed by atoms with van der Waals surface area (Å²) >= 11 is 0. The van der Waals surface area contributed by atoms with Crippen LogP contribution >= 0.6 is 0 Å². The number of hydrogen-bond acceptors (Lipinski definition) is 4. The maximum Gasteiger partial charge on any atom is 0.227 e. The molecule has 5 heteroatoms. The lowest BCUT2D eigenvalue weighted by molar-refractivity contribution is -0.118. The van der Waals surface area contributed by atoms with Gasteiger partial charge in [-0.25, -0.2) is 0 Å². The minimum Gasteiger partial charge on any atom is -0.493 e. The molecule has 2 unspecified atom stereocenters. The summed E-state index contributed by atoms with van der Waals surface area (Å²) in [5.74, 6) is 1.10. The van der Waals surface area contributed by atoms with Crippen molar-refractivity contribution in [1.29, 1.82) is 0 Å². The molecule has 1 saturated carbocycles. The molecular formula is C20H30N2O3. The molecule has 2 atom stereocenters. The third-order valence-electron chi connectivity index (χ3n) is 5.32. The number of fused-ring (bicyclic) bond motifs is 1. The first kappa shape index (κ1) is 18.2. The zero-order chi connectivity index (χ0) is 17.6. The largest absolute Gasteiger partial charge is 0.493 e. The van der Waals surface area contributed by atoms with Crippen LogP contribution in [0.15, 0.2) is 18.2 Å². The molecule has 5 nitrogen and oxygen atoms in total. The lowest BCUT2D eigenvalue weighted by Crippen LogP contribution is -2.42. The molecule has 1 heterocycles. The summed E-state index contributed by atoms with van der Waals surface area (Å²) in [4.78, 5) is 13.9. The molecule has 0 radical (unpaired) electrons. The predicted octanol–water partition coefficient (Wildman–Crippen LogP) is 2.65. The number of carbonyl (C=O) groups excluding carboxylic acids is 1. The molecule has 0 saturated heterocycles. The van der Waals surface area contributed by atoms with Crippen molar-refractivity contribution < 1.29 is 14.6 Å². The van der Waals surface area contributed by atoms with Gasteiger partial charge in [-0.3, -0.25) is 4.79 Å². The second kappa shape index (κ2) is 8.68. The van der Waals surface area contributed by atoms with Crippen LogP contribution in [-0.4, -0.2) is 42.9 Å². The molecule has 1 aliphatic carbocycles. The van der Waals surface area contributed by atoms with Crippen LogP contribution < -0.4 is 15.0 Å². The van der Waals surface area contributed by atoms with Crippen molar-refractivity contribution in [2.24, 2.45) is 0 Å². The summed E-state index contributed by atoms with van der Waals surface area (Å²) in [7, 11) is 0.